The summed E-state index contributed by atoms with van der Waals surface area (Å²) in [5.74, 6) is -0.790. The highest BCUT2D eigenvalue weighted by atomic mass is 16.7. The molecule has 9 unspecified atom stereocenters. The Labute approximate surface area is 190 Å². The minimum Gasteiger partial charge on any atom is -0.394 e. The van der Waals surface area contributed by atoms with E-state index in [1.807, 2.05) is 0 Å². The number of aliphatic hydroxyl groups is 6. The van der Waals surface area contributed by atoms with Crippen LogP contribution in [0.4, 0.5) is 0 Å². The van der Waals surface area contributed by atoms with Crippen LogP contribution in [-0.4, -0.2) is 128 Å². The van der Waals surface area contributed by atoms with Gasteiger partial charge < -0.3 is 72.5 Å². The van der Waals surface area contributed by atoms with Crippen LogP contribution < -0.4 is 22.9 Å². The first kappa shape index (κ1) is 25.5. The Morgan fingerprint density at radius 1 is 0.939 bits per heavy atom. The van der Waals surface area contributed by atoms with E-state index in [0.29, 0.717) is 0 Å². The molecule has 192 valence electrons. The monoisotopic (exact) mass is 480 g/mol. The maximum absolute atomic E-state index is 10.7. The van der Waals surface area contributed by atoms with E-state index in [2.05, 4.69) is 0 Å². The van der Waals surface area contributed by atoms with Gasteiger partial charge in [-0.15, -0.1) is 0 Å². The fourth-order valence-corrected chi connectivity index (χ4v) is 5.30. The Hall–Kier alpha value is -0.560. The average Bonchev–Trinajstić information content (AvgIpc) is 3.20. The Balaban J connectivity index is 1.52. The fraction of sp³-hybridized carbons (Fsp3) is 1.00. The van der Waals surface area contributed by atoms with Crippen molar-refractivity contribution >= 4 is 0 Å². The van der Waals surface area contributed by atoms with E-state index in [0.717, 1.165) is 0 Å². The molecular formula is C19H36N4O10. The minimum atomic E-state index is -1.67. The van der Waals surface area contributed by atoms with Gasteiger partial charge in [0.15, 0.2) is 12.6 Å². The van der Waals surface area contributed by atoms with Gasteiger partial charge >= 0.3 is 0 Å². The van der Waals surface area contributed by atoms with Crippen LogP contribution in [0.25, 0.3) is 0 Å². The molecule has 2 aliphatic heterocycles. The van der Waals surface area contributed by atoms with Crippen LogP contribution in [0.2, 0.25) is 0 Å². The van der Waals surface area contributed by atoms with E-state index in [9.17, 15) is 30.6 Å². The zero-order valence-electron chi connectivity index (χ0n) is 18.2. The predicted molar refractivity (Wildman–Crippen MR) is 109 cm³/mol. The summed E-state index contributed by atoms with van der Waals surface area (Å²) >= 11 is 0. The molecule has 4 fully saturated rings. The van der Waals surface area contributed by atoms with Crippen LogP contribution >= 0.6 is 0 Å². The molecule has 2 saturated heterocycles. The summed E-state index contributed by atoms with van der Waals surface area (Å²) in [7, 11) is 0. The molecule has 0 aromatic rings. The molecule has 14 N–H and O–H groups in total. The average molecular weight is 481 g/mol. The van der Waals surface area contributed by atoms with Crippen LogP contribution in [-0.2, 0) is 18.9 Å². The van der Waals surface area contributed by atoms with Crippen molar-refractivity contribution in [2.75, 3.05) is 6.61 Å². The molecule has 14 nitrogen and oxygen atoms in total. The standard InChI is InChI=1S/C19H36N4O10/c1-4(20)13-11(26)12(27)18(31-13)33-15-10(25)5(21)2-6(22)14(15)32-17-9(23)8-16(28)19(8,29)7(3-24)30-17/h4-18,24-29H,2-3,20-23H2,1H3/t4-,5-,6?,7?,8?,9?,10?,11?,12?,13-,14-,15?,16?,17-,18+,19-/m1/s1. The van der Waals surface area contributed by atoms with E-state index in [1.165, 1.54) is 0 Å². The summed E-state index contributed by atoms with van der Waals surface area (Å²) in [6.45, 7) is 1.02. The lowest BCUT2D eigenvalue weighted by Gasteiger charge is -2.46. The molecule has 2 heterocycles. The molecule has 4 rings (SSSR count). The molecule has 2 aliphatic carbocycles. The molecule has 2 saturated carbocycles. The third-order valence-electron chi connectivity index (χ3n) is 7.37. The number of nitrogens with two attached hydrogens (primary N) is 4. The molecule has 0 aromatic carbocycles. The Kier molecular flexibility index (Phi) is 7.08. The lowest BCUT2D eigenvalue weighted by molar-refractivity contribution is -0.299. The van der Waals surface area contributed by atoms with Crippen molar-refractivity contribution in [1.82, 2.24) is 0 Å². The largest absolute Gasteiger partial charge is 0.394 e. The number of fused-ring (bicyclic) bond motifs is 1. The number of ether oxygens (including phenoxy) is 4. The van der Waals surface area contributed by atoms with Crippen LogP contribution in [0, 0.1) is 5.92 Å². The molecule has 0 bridgehead atoms. The molecule has 0 radical (unpaired) electrons. The van der Waals surface area contributed by atoms with E-state index in [-0.39, 0.29) is 6.42 Å². The second kappa shape index (κ2) is 9.15. The summed E-state index contributed by atoms with van der Waals surface area (Å²) in [6, 6.07) is -3.11. The molecule has 33 heavy (non-hydrogen) atoms. The number of hydrogen-bond donors (Lipinski definition) is 10. The maximum atomic E-state index is 10.7. The lowest BCUT2D eigenvalue weighted by atomic mass is 9.84. The predicted octanol–water partition coefficient (Wildman–Crippen LogP) is -6.26. The SMILES string of the molecule is C[C@@H](N)[C@H]1O[C@@H](OC2C(O)[C@H](N)CC(N)[C@H]2O[C@H]2OC(CO)[C@]3(O)C(O)C3C2N)C(O)C1O. The molecule has 0 aromatic heterocycles. The highest BCUT2D eigenvalue weighted by Gasteiger charge is 2.74. The molecule has 16 atom stereocenters. The quantitative estimate of drug-likeness (QED) is 0.169. The highest BCUT2D eigenvalue weighted by Crippen LogP contribution is 2.53. The van der Waals surface area contributed by atoms with Gasteiger partial charge in [0.2, 0.25) is 0 Å². The zero-order chi connectivity index (χ0) is 24.4. The van der Waals surface area contributed by atoms with Crippen molar-refractivity contribution in [3.63, 3.8) is 0 Å². The van der Waals surface area contributed by atoms with E-state index in [1.54, 1.807) is 6.92 Å². The summed E-state index contributed by atoms with van der Waals surface area (Å²) < 4.78 is 23.0. The Morgan fingerprint density at radius 3 is 2.15 bits per heavy atom. The highest BCUT2D eigenvalue weighted by molar-refractivity contribution is 5.23. The van der Waals surface area contributed by atoms with Crippen molar-refractivity contribution in [2.45, 2.75) is 105 Å². The number of rotatable bonds is 6. The van der Waals surface area contributed by atoms with E-state index < -0.39 is 104 Å². The van der Waals surface area contributed by atoms with Crippen molar-refractivity contribution in [1.29, 1.82) is 0 Å². The summed E-state index contributed by atoms with van der Waals surface area (Å²) in [4.78, 5) is 0. The van der Waals surface area contributed by atoms with Gasteiger partial charge in [0.1, 0.15) is 42.2 Å². The van der Waals surface area contributed by atoms with Gasteiger partial charge in [-0.25, -0.2) is 0 Å². The van der Waals surface area contributed by atoms with Gasteiger partial charge in [0.25, 0.3) is 0 Å². The number of aliphatic hydroxyl groups excluding tert-OH is 5. The normalized spacial score (nSPS) is 57.5. The second-order valence-electron chi connectivity index (χ2n) is 9.68. The van der Waals surface area contributed by atoms with Gasteiger partial charge in [-0.3, -0.25) is 0 Å². The van der Waals surface area contributed by atoms with Crippen molar-refractivity contribution < 1.29 is 49.6 Å². The van der Waals surface area contributed by atoms with Crippen molar-refractivity contribution in [3.8, 4) is 0 Å². The molecule has 4 aliphatic rings. The second-order valence-corrected chi connectivity index (χ2v) is 9.68. The van der Waals surface area contributed by atoms with Crippen LogP contribution in [0.1, 0.15) is 13.3 Å². The van der Waals surface area contributed by atoms with Crippen LogP contribution in [0.3, 0.4) is 0 Å². The van der Waals surface area contributed by atoms with Crippen molar-refractivity contribution in [2.24, 2.45) is 28.9 Å². The third kappa shape index (κ3) is 4.11. The first-order chi connectivity index (χ1) is 15.4. The van der Waals surface area contributed by atoms with E-state index >= 15 is 0 Å². The summed E-state index contributed by atoms with van der Waals surface area (Å²) in [5, 5.41) is 61.6. The molecule has 0 amide bonds. The molecular weight excluding hydrogens is 444 g/mol. The lowest BCUT2D eigenvalue weighted by Crippen LogP contribution is -2.66. The van der Waals surface area contributed by atoms with E-state index in [4.69, 9.17) is 41.9 Å². The zero-order valence-corrected chi connectivity index (χ0v) is 18.2. The van der Waals surface area contributed by atoms with Crippen LogP contribution in [0.5, 0.6) is 0 Å². The van der Waals surface area contributed by atoms with Gasteiger partial charge in [-0.1, -0.05) is 0 Å². The van der Waals surface area contributed by atoms with Crippen LogP contribution in [0.15, 0.2) is 0 Å². The molecule has 14 heteroatoms. The number of hydrogen-bond acceptors (Lipinski definition) is 14. The Bertz CT molecular complexity index is 703. The topological polar surface area (TPSA) is 262 Å². The smallest absolute Gasteiger partial charge is 0.187 e. The first-order valence-electron chi connectivity index (χ1n) is 11.1. The maximum Gasteiger partial charge on any atom is 0.187 e. The Morgan fingerprint density at radius 2 is 1.58 bits per heavy atom. The van der Waals surface area contributed by atoms with Gasteiger partial charge in [0.05, 0.1) is 24.9 Å². The first-order valence-corrected chi connectivity index (χ1v) is 11.1. The third-order valence-corrected chi connectivity index (χ3v) is 7.37. The van der Waals surface area contributed by atoms with Gasteiger partial charge in [-0.05, 0) is 13.3 Å². The summed E-state index contributed by atoms with van der Waals surface area (Å²) in [5.41, 5.74) is 22.5. The van der Waals surface area contributed by atoms with Crippen molar-refractivity contribution in [3.05, 3.63) is 0 Å². The minimum absolute atomic E-state index is 0.159. The van der Waals surface area contributed by atoms with Gasteiger partial charge in [0, 0.05) is 24.0 Å². The molecule has 0 spiro atoms. The summed E-state index contributed by atoms with van der Waals surface area (Å²) in [6.07, 6.45) is -11.9. The van der Waals surface area contributed by atoms with Gasteiger partial charge in [-0.2, -0.15) is 0 Å². The fourth-order valence-electron chi connectivity index (χ4n) is 5.30.